The van der Waals surface area contributed by atoms with E-state index < -0.39 is 0 Å². The molecule has 0 aromatic carbocycles. The van der Waals surface area contributed by atoms with Crippen LogP contribution in [0.4, 0.5) is 11.8 Å². The third-order valence-corrected chi connectivity index (χ3v) is 6.06. The van der Waals surface area contributed by atoms with E-state index >= 15 is 0 Å². The quantitative estimate of drug-likeness (QED) is 0.824. The highest BCUT2D eigenvalue weighted by molar-refractivity contribution is 5.42. The Bertz CT molecular complexity index is 672. The summed E-state index contributed by atoms with van der Waals surface area (Å²) in [5.74, 6) is 2.91. The lowest BCUT2D eigenvalue weighted by atomic mass is 9.77. The van der Waals surface area contributed by atoms with Crippen LogP contribution in [0.15, 0.2) is 10.9 Å². The maximum Gasteiger partial charge on any atom is 0.254 e. The molecule has 4 atom stereocenters. The number of nitrogens with one attached hydrogen (secondary N) is 1. The number of rotatable bonds is 5. The lowest BCUT2D eigenvalue weighted by Crippen LogP contribution is -2.48. The molecule has 2 saturated carbocycles. The Morgan fingerprint density at radius 1 is 1.32 bits per heavy atom. The molecule has 0 bridgehead atoms. The molecular formula is C18H29N5O2. The average molecular weight is 347 g/mol. The van der Waals surface area contributed by atoms with Crippen LogP contribution < -0.4 is 16.2 Å². The van der Waals surface area contributed by atoms with E-state index in [4.69, 9.17) is 10.5 Å². The summed E-state index contributed by atoms with van der Waals surface area (Å²) in [6.45, 7) is 2.80. The van der Waals surface area contributed by atoms with Crippen molar-refractivity contribution in [1.29, 1.82) is 0 Å². The van der Waals surface area contributed by atoms with Gasteiger partial charge in [0.25, 0.3) is 5.56 Å². The first-order valence-corrected chi connectivity index (χ1v) is 9.39. The van der Waals surface area contributed by atoms with E-state index in [0.29, 0.717) is 29.8 Å². The molecule has 1 aliphatic heterocycles. The van der Waals surface area contributed by atoms with Gasteiger partial charge in [-0.15, -0.1) is 0 Å². The molecule has 7 nitrogen and oxygen atoms in total. The van der Waals surface area contributed by atoms with E-state index in [1.54, 1.807) is 6.07 Å². The molecule has 7 heteroatoms. The minimum Gasteiger partial charge on any atom is -0.376 e. The monoisotopic (exact) mass is 347 g/mol. The van der Waals surface area contributed by atoms with Crippen LogP contribution in [0.5, 0.6) is 0 Å². The Labute approximate surface area is 148 Å². The molecule has 2 aliphatic carbocycles. The second-order valence-corrected chi connectivity index (χ2v) is 8.23. The van der Waals surface area contributed by atoms with Crippen molar-refractivity contribution in [3.05, 3.63) is 16.4 Å². The fourth-order valence-electron chi connectivity index (χ4n) is 4.47. The zero-order valence-electron chi connectivity index (χ0n) is 15.1. The number of likely N-dealkylation sites (N-methyl/N-ethyl adjacent to an activating group) is 1. The molecule has 1 aromatic heterocycles. The van der Waals surface area contributed by atoms with Crippen LogP contribution in [-0.2, 0) is 4.74 Å². The molecule has 2 heterocycles. The molecule has 0 spiro atoms. The Morgan fingerprint density at radius 3 is 2.68 bits per heavy atom. The third kappa shape index (κ3) is 3.67. The number of hydrogen-bond donors (Lipinski definition) is 2. The van der Waals surface area contributed by atoms with E-state index in [2.05, 4.69) is 33.9 Å². The van der Waals surface area contributed by atoms with Crippen LogP contribution in [0.25, 0.3) is 0 Å². The van der Waals surface area contributed by atoms with Gasteiger partial charge in [0.15, 0.2) is 0 Å². The highest BCUT2D eigenvalue weighted by Crippen LogP contribution is 2.40. The maximum absolute atomic E-state index is 11.7. The number of anilines is 2. The molecule has 0 unspecified atom stereocenters. The zero-order chi connectivity index (χ0) is 17.6. The van der Waals surface area contributed by atoms with Gasteiger partial charge in [-0.25, -0.2) is 0 Å². The van der Waals surface area contributed by atoms with Crippen molar-refractivity contribution in [3.63, 3.8) is 0 Å². The molecule has 3 fully saturated rings. The van der Waals surface area contributed by atoms with Crippen LogP contribution in [0.2, 0.25) is 0 Å². The predicted molar refractivity (Wildman–Crippen MR) is 97.6 cm³/mol. The van der Waals surface area contributed by atoms with Crippen LogP contribution >= 0.6 is 0 Å². The van der Waals surface area contributed by atoms with Gasteiger partial charge in [-0.3, -0.25) is 9.78 Å². The SMILES string of the molecule is CN(C)[C@@H]1C[C@@H]2CN(c3cc(=O)[nH]c(N)n3)C[C@@H]2C[C@H]1OCC1CC1. The molecule has 1 saturated heterocycles. The summed E-state index contributed by atoms with van der Waals surface area (Å²) in [4.78, 5) is 23.1. The second kappa shape index (κ2) is 6.61. The van der Waals surface area contributed by atoms with Gasteiger partial charge < -0.3 is 20.3 Å². The minimum atomic E-state index is -0.186. The molecule has 3 N–H and O–H groups in total. The van der Waals surface area contributed by atoms with Crippen molar-refractivity contribution in [2.75, 3.05) is 44.4 Å². The molecular weight excluding hydrogens is 318 g/mol. The minimum absolute atomic E-state index is 0.186. The summed E-state index contributed by atoms with van der Waals surface area (Å²) >= 11 is 0. The van der Waals surface area contributed by atoms with E-state index in [1.165, 1.54) is 12.8 Å². The lowest BCUT2D eigenvalue weighted by Gasteiger charge is -2.41. The predicted octanol–water partition coefficient (Wildman–Crippen LogP) is 0.924. The summed E-state index contributed by atoms with van der Waals surface area (Å²) in [7, 11) is 4.31. The fraction of sp³-hybridized carbons (Fsp3) is 0.778. The van der Waals surface area contributed by atoms with E-state index in [9.17, 15) is 4.79 Å². The topological polar surface area (TPSA) is 87.5 Å². The standard InChI is InChI=1S/C18H29N5O2/c1-22(2)14-5-12-8-23(16-7-17(24)21-18(19)20-16)9-13(12)6-15(14)25-10-11-3-4-11/h7,11-15H,3-6,8-10H2,1-2H3,(H3,19,20,21,24)/t12-,13+,14-,15-/m1/s1. The highest BCUT2D eigenvalue weighted by Gasteiger charge is 2.44. The van der Waals surface area contributed by atoms with E-state index in [0.717, 1.165) is 38.5 Å². The number of nitrogens with zero attached hydrogens (tertiary/aromatic N) is 3. The normalized spacial score (nSPS) is 32.2. The van der Waals surface area contributed by atoms with Crippen LogP contribution in [0.3, 0.4) is 0 Å². The number of nitrogens with two attached hydrogens (primary N) is 1. The first kappa shape index (κ1) is 16.8. The molecule has 0 radical (unpaired) electrons. The average Bonchev–Trinajstić information content (AvgIpc) is 3.28. The van der Waals surface area contributed by atoms with Crippen LogP contribution in [0.1, 0.15) is 25.7 Å². The fourth-order valence-corrected chi connectivity index (χ4v) is 4.47. The van der Waals surface area contributed by atoms with Gasteiger partial charge in [-0.05, 0) is 57.5 Å². The van der Waals surface area contributed by atoms with Crippen molar-refractivity contribution in [1.82, 2.24) is 14.9 Å². The Balaban J connectivity index is 1.46. The lowest BCUT2D eigenvalue weighted by molar-refractivity contribution is -0.0493. The first-order chi connectivity index (χ1) is 12.0. The van der Waals surface area contributed by atoms with Gasteiger partial charge >= 0.3 is 0 Å². The molecule has 3 aliphatic rings. The maximum atomic E-state index is 11.7. The van der Waals surface area contributed by atoms with Gasteiger partial charge in [0.05, 0.1) is 6.10 Å². The summed E-state index contributed by atoms with van der Waals surface area (Å²) < 4.78 is 6.32. The summed E-state index contributed by atoms with van der Waals surface area (Å²) in [6, 6.07) is 2.02. The van der Waals surface area contributed by atoms with Crippen molar-refractivity contribution in [2.45, 2.75) is 37.8 Å². The van der Waals surface area contributed by atoms with Crippen molar-refractivity contribution >= 4 is 11.8 Å². The van der Waals surface area contributed by atoms with Crippen LogP contribution in [0, 0.1) is 17.8 Å². The molecule has 0 amide bonds. The smallest absolute Gasteiger partial charge is 0.254 e. The number of aromatic amines is 1. The van der Waals surface area contributed by atoms with Crippen molar-refractivity contribution in [3.8, 4) is 0 Å². The van der Waals surface area contributed by atoms with Gasteiger partial charge in [-0.2, -0.15) is 4.98 Å². The summed E-state index contributed by atoms with van der Waals surface area (Å²) in [5, 5.41) is 0. The van der Waals surface area contributed by atoms with Crippen molar-refractivity contribution < 1.29 is 4.74 Å². The van der Waals surface area contributed by atoms with E-state index in [1.807, 2.05) is 0 Å². The van der Waals surface area contributed by atoms with Gasteiger partial charge in [0, 0.05) is 31.8 Å². The summed E-state index contributed by atoms with van der Waals surface area (Å²) in [6.07, 6.45) is 5.20. The Kier molecular flexibility index (Phi) is 4.45. The summed E-state index contributed by atoms with van der Waals surface area (Å²) in [5.41, 5.74) is 5.53. The second-order valence-electron chi connectivity index (χ2n) is 8.23. The van der Waals surface area contributed by atoms with Crippen molar-refractivity contribution in [2.24, 2.45) is 17.8 Å². The van der Waals surface area contributed by atoms with Crippen LogP contribution in [-0.4, -0.2) is 60.8 Å². The number of fused-ring (bicyclic) bond motifs is 1. The number of ether oxygens (including phenoxy) is 1. The van der Waals surface area contributed by atoms with Gasteiger partial charge in [-0.1, -0.05) is 0 Å². The largest absolute Gasteiger partial charge is 0.376 e. The molecule has 4 rings (SSSR count). The zero-order valence-corrected chi connectivity index (χ0v) is 15.1. The molecule has 1 aromatic rings. The first-order valence-electron chi connectivity index (χ1n) is 9.39. The number of hydrogen-bond acceptors (Lipinski definition) is 6. The molecule has 138 valence electrons. The molecule has 25 heavy (non-hydrogen) atoms. The number of nitrogen functional groups attached to an aromatic ring is 1. The Hall–Kier alpha value is -1.60. The number of H-pyrrole nitrogens is 1. The highest BCUT2D eigenvalue weighted by atomic mass is 16.5. The Morgan fingerprint density at radius 2 is 2.04 bits per heavy atom. The van der Waals surface area contributed by atoms with E-state index in [-0.39, 0.29) is 11.5 Å². The van der Waals surface area contributed by atoms with Gasteiger partial charge in [0.1, 0.15) is 5.82 Å². The van der Waals surface area contributed by atoms with Gasteiger partial charge in [0.2, 0.25) is 5.95 Å². The number of aromatic nitrogens is 2. The third-order valence-electron chi connectivity index (χ3n) is 6.06.